The second-order valence-corrected chi connectivity index (χ2v) is 6.94. The van der Waals surface area contributed by atoms with E-state index in [2.05, 4.69) is 16.9 Å². The van der Waals surface area contributed by atoms with Crippen molar-refractivity contribution in [3.63, 3.8) is 0 Å². The fourth-order valence-electron chi connectivity index (χ4n) is 3.38. The van der Waals surface area contributed by atoms with Crippen molar-refractivity contribution in [2.24, 2.45) is 0 Å². The van der Waals surface area contributed by atoms with Crippen LogP contribution in [0.4, 0.5) is 0 Å². The molecule has 2 heterocycles. The standard InChI is InChI=1S/C23H21N3O3/c1-2-3-12-26-14-15(21(28)17-9-5-7-11-20(17)27)13-19(26)22-24-18-10-6-4-8-16(18)23(29)25-22/h4-11,13-14,27H,2-3,12H2,1H3,(H,24,25,29). The normalized spacial score (nSPS) is 11.1. The molecular formula is C23H21N3O3. The van der Waals surface area contributed by atoms with Gasteiger partial charge in [-0.25, -0.2) is 4.98 Å². The number of aromatic nitrogens is 3. The smallest absolute Gasteiger partial charge is 0.259 e. The maximum absolute atomic E-state index is 13.0. The minimum atomic E-state index is -0.275. The number of nitrogens with one attached hydrogen (secondary N) is 1. The van der Waals surface area contributed by atoms with Gasteiger partial charge in [0, 0.05) is 18.3 Å². The van der Waals surface area contributed by atoms with Crippen LogP contribution in [-0.4, -0.2) is 25.4 Å². The molecule has 0 aliphatic carbocycles. The van der Waals surface area contributed by atoms with Crippen LogP contribution in [0.3, 0.4) is 0 Å². The van der Waals surface area contributed by atoms with Gasteiger partial charge in [-0.3, -0.25) is 9.59 Å². The number of H-pyrrole nitrogens is 1. The number of hydrogen-bond donors (Lipinski definition) is 2. The van der Waals surface area contributed by atoms with Crippen molar-refractivity contribution < 1.29 is 9.90 Å². The van der Waals surface area contributed by atoms with Gasteiger partial charge in [0.15, 0.2) is 11.6 Å². The topological polar surface area (TPSA) is 88.0 Å². The highest BCUT2D eigenvalue weighted by atomic mass is 16.3. The largest absolute Gasteiger partial charge is 0.507 e. The Balaban J connectivity index is 1.84. The summed E-state index contributed by atoms with van der Waals surface area (Å²) in [5.74, 6) is 0.0847. The van der Waals surface area contributed by atoms with Crippen LogP contribution in [0.2, 0.25) is 0 Å². The molecule has 0 atom stereocenters. The molecular weight excluding hydrogens is 366 g/mol. The first-order valence-corrected chi connectivity index (χ1v) is 9.60. The van der Waals surface area contributed by atoms with E-state index in [-0.39, 0.29) is 22.7 Å². The van der Waals surface area contributed by atoms with Crippen LogP contribution >= 0.6 is 0 Å². The molecule has 0 bridgehead atoms. The van der Waals surface area contributed by atoms with E-state index in [4.69, 9.17) is 0 Å². The van der Waals surface area contributed by atoms with E-state index in [1.54, 1.807) is 48.7 Å². The van der Waals surface area contributed by atoms with Gasteiger partial charge in [0.1, 0.15) is 5.75 Å². The zero-order valence-electron chi connectivity index (χ0n) is 16.1. The molecule has 2 aromatic heterocycles. The van der Waals surface area contributed by atoms with Crippen molar-refractivity contribution in [2.75, 3.05) is 0 Å². The first-order chi connectivity index (χ1) is 14.1. The second-order valence-electron chi connectivity index (χ2n) is 6.94. The third-order valence-corrected chi connectivity index (χ3v) is 4.92. The van der Waals surface area contributed by atoms with Crippen LogP contribution < -0.4 is 5.56 Å². The second kappa shape index (κ2) is 7.75. The molecule has 4 rings (SSSR count). The Bertz CT molecular complexity index is 1250. The number of rotatable bonds is 6. The fourth-order valence-corrected chi connectivity index (χ4v) is 3.38. The van der Waals surface area contributed by atoms with E-state index in [1.165, 1.54) is 6.07 Å². The van der Waals surface area contributed by atoms with Crippen LogP contribution in [-0.2, 0) is 6.54 Å². The zero-order chi connectivity index (χ0) is 20.4. The number of benzene rings is 2. The number of ketones is 1. The third kappa shape index (κ3) is 3.57. The van der Waals surface area contributed by atoms with Crippen LogP contribution in [0, 0.1) is 0 Å². The average Bonchev–Trinajstić information content (AvgIpc) is 3.16. The highest BCUT2D eigenvalue weighted by Crippen LogP contribution is 2.25. The van der Waals surface area contributed by atoms with Gasteiger partial charge in [-0.05, 0) is 36.8 Å². The number of aromatic hydroxyl groups is 1. The van der Waals surface area contributed by atoms with Crippen LogP contribution in [0.1, 0.15) is 35.7 Å². The number of aryl methyl sites for hydroxylation is 1. The fraction of sp³-hybridized carbons (Fsp3) is 0.174. The molecule has 2 N–H and O–H groups in total. The summed E-state index contributed by atoms with van der Waals surface area (Å²) < 4.78 is 1.93. The number of fused-ring (bicyclic) bond motifs is 1. The van der Waals surface area contributed by atoms with E-state index < -0.39 is 0 Å². The average molecular weight is 387 g/mol. The predicted molar refractivity (Wildman–Crippen MR) is 112 cm³/mol. The highest BCUT2D eigenvalue weighted by molar-refractivity contribution is 6.11. The molecule has 0 amide bonds. The molecule has 146 valence electrons. The molecule has 4 aromatic rings. The van der Waals surface area contributed by atoms with Gasteiger partial charge < -0.3 is 14.7 Å². The molecule has 29 heavy (non-hydrogen) atoms. The molecule has 0 aliphatic heterocycles. The number of phenolic OH excluding ortho intramolecular Hbond substituents is 1. The Labute approximate surface area is 167 Å². The summed E-state index contributed by atoms with van der Waals surface area (Å²) in [5.41, 5.74) is 1.73. The molecule has 2 aromatic carbocycles. The molecule has 6 heteroatoms. The number of aromatic amines is 1. The quantitative estimate of drug-likeness (QED) is 0.487. The number of unbranched alkanes of at least 4 members (excludes halogenated alkanes) is 1. The summed E-state index contributed by atoms with van der Waals surface area (Å²) >= 11 is 0. The lowest BCUT2D eigenvalue weighted by atomic mass is 10.0. The number of phenols is 1. The van der Waals surface area contributed by atoms with Crippen molar-refractivity contribution >= 4 is 16.7 Å². The third-order valence-electron chi connectivity index (χ3n) is 4.92. The van der Waals surface area contributed by atoms with Gasteiger partial charge in [-0.1, -0.05) is 37.6 Å². The minimum absolute atomic E-state index is 0.0578. The van der Waals surface area contributed by atoms with Gasteiger partial charge in [0.05, 0.1) is 22.2 Å². The summed E-state index contributed by atoms with van der Waals surface area (Å²) in [7, 11) is 0. The van der Waals surface area contributed by atoms with Crippen LogP contribution in [0.5, 0.6) is 5.75 Å². The first kappa shape index (κ1) is 18.7. The lowest BCUT2D eigenvalue weighted by Crippen LogP contribution is -2.11. The van der Waals surface area contributed by atoms with Gasteiger partial charge in [-0.15, -0.1) is 0 Å². The molecule has 0 spiro atoms. The maximum atomic E-state index is 13.0. The summed E-state index contributed by atoms with van der Waals surface area (Å²) in [4.78, 5) is 32.9. The van der Waals surface area contributed by atoms with Gasteiger partial charge >= 0.3 is 0 Å². The van der Waals surface area contributed by atoms with Crippen molar-refractivity contribution in [3.05, 3.63) is 82.3 Å². The molecule has 0 fully saturated rings. The number of para-hydroxylation sites is 2. The predicted octanol–water partition coefficient (Wildman–Crippen LogP) is 4.13. The Morgan fingerprint density at radius 3 is 2.69 bits per heavy atom. The number of carbonyl (C=O) groups excluding carboxylic acids is 1. The molecule has 0 saturated heterocycles. The zero-order valence-corrected chi connectivity index (χ0v) is 16.1. The monoisotopic (exact) mass is 387 g/mol. The number of hydrogen-bond acceptors (Lipinski definition) is 4. The summed E-state index contributed by atoms with van der Waals surface area (Å²) in [6, 6.07) is 15.3. The number of nitrogens with zero attached hydrogens (tertiary/aromatic N) is 2. The van der Waals surface area contributed by atoms with Gasteiger partial charge in [0.2, 0.25) is 0 Å². The number of carbonyl (C=O) groups is 1. The van der Waals surface area contributed by atoms with Crippen molar-refractivity contribution in [2.45, 2.75) is 26.3 Å². The SMILES string of the molecule is CCCCn1cc(C(=O)c2ccccc2O)cc1-c1nc2ccccc2c(=O)[nH]1. The first-order valence-electron chi connectivity index (χ1n) is 9.60. The van der Waals surface area contributed by atoms with Crippen LogP contribution in [0.25, 0.3) is 22.4 Å². The molecule has 0 aliphatic rings. The Kier molecular flexibility index (Phi) is 4.99. The maximum Gasteiger partial charge on any atom is 0.259 e. The molecule has 0 saturated carbocycles. The van der Waals surface area contributed by atoms with E-state index in [0.29, 0.717) is 34.5 Å². The van der Waals surface area contributed by atoms with Crippen molar-refractivity contribution in [1.82, 2.24) is 14.5 Å². The lowest BCUT2D eigenvalue weighted by molar-refractivity contribution is 0.103. The molecule has 0 radical (unpaired) electrons. The van der Waals surface area contributed by atoms with Gasteiger partial charge in [-0.2, -0.15) is 0 Å². The summed E-state index contributed by atoms with van der Waals surface area (Å²) in [6.07, 6.45) is 3.67. The van der Waals surface area contributed by atoms with E-state index >= 15 is 0 Å². The minimum Gasteiger partial charge on any atom is -0.507 e. The Morgan fingerprint density at radius 1 is 1.14 bits per heavy atom. The molecule has 0 unspecified atom stereocenters. The summed E-state index contributed by atoms with van der Waals surface area (Å²) in [6.45, 7) is 2.78. The van der Waals surface area contributed by atoms with E-state index in [1.807, 2.05) is 10.6 Å². The van der Waals surface area contributed by atoms with Crippen LogP contribution in [0.15, 0.2) is 65.6 Å². The lowest BCUT2D eigenvalue weighted by Gasteiger charge is -2.08. The summed E-state index contributed by atoms with van der Waals surface area (Å²) in [5, 5.41) is 10.6. The van der Waals surface area contributed by atoms with Crippen molar-refractivity contribution in [1.29, 1.82) is 0 Å². The Hall–Kier alpha value is -3.67. The Morgan fingerprint density at radius 2 is 1.90 bits per heavy atom. The van der Waals surface area contributed by atoms with E-state index in [9.17, 15) is 14.7 Å². The van der Waals surface area contributed by atoms with Gasteiger partial charge in [0.25, 0.3) is 5.56 Å². The van der Waals surface area contributed by atoms with Crippen molar-refractivity contribution in [3.8, 4) is 17.3 Å². The van der Waals surface area contributed by atoms with E-state index in [0.717, 1.165) is 12.8 Å². The highest BCUT2D eigenvalue weighted by Gasteiger charge is 2.19. The molecule has 6 nitrogen and oxygen atoms in total.